The van der Waals surface area contributed by atoms with Gasteiger partial charge in [0.1, 0.15) is 6.10 Å². The van der Waals surface area contributed by atoms with Crippen molar-refractivity contribution in [3.63, 3.8) is 0 Å². The Morgan fingerprint density at radius 3 is 2.60 bits per heavy atom. The van der Waals surface area contributed by atoms with E-state index in [0.717, 1.165) is 36.0 Å². The maximum absolute atomic E-state index is 12.2. The zero-order chi connectivity index (χ0) is 21.1. The molecule has 0 atom stereocenters. The zero-order valence-corrected chi connectivity index (χ0v) is 17.2. The number of methoxy groups -OCH3 is 1. The Kier molecular flexibility index (Phi) is 5.79. The predicted octanol–water partition coefficient (Wildman–Crippen LogP) is 3.48. The lowest BCUT2D eigenvalue weighted by molar-refractivity contribution is -0.155. The molecule has 1 heterocycles. The summed E-state index contributed by atoms with van der Waals surface area (Å²) in [6.07, 6.45) is 2.90. The standard InChI is InChI=1S/C23H25NO6/c1-3-28-22-19(27-2)10-9-17(14-7-8-18-15(11-14)12-24-23(18)26)21(22)29-13-20(25)30-16-5-4-6-16/h7-11,16H,3-6,12-13H2,1-2H3,(H,24,26). The van der Waals surface area contributed by atoms with Crippen LogP contribution >= 0.6 is 0 Å². The van der Waals surface area contributed by atoms with Crippen LogP contribution in [0.1, 0.15) is 42.1 Å². The molecule has 1 fully saturated rings. The number of carbonyl (C=O) groups is 2. The fraction of sp³-hybridized carbons (Fsp3) is 0.391. The van der Waals surface area contributed by atoms with Gasteiger partial charge in [-0.15, -0.1) is 0 Å². The van der Waals surface area contributed by atoms with Gasteiger partial charge in [0, 0.05) is 17.7 Å². The summed E-state index contributed by atoms with van der Waals surface area (Å²) in [7, 11) is 1.55. The predicted molar refractivity (Wildman–Crippen MR) is 110 cm³/mol. The van der Waals surface area contributed by atoms with Gasteiger partial charge in [-0.2, -0.15) is 0 Å². The minimum absolute atomic E-state index is 0.000935. The Bertz CT molecular complexity index is 966. The van der Waals surface area contributed by atoms with Crippen LogP contribution in [0, 0.1) is 0 Å². The second kappa shape index (κ2) is 8.65. The molecular formula is C23H25NO6. The van der Waals surface area contributed by atoms with Crippen molar-refractivity contribution in [1.82, 2.24) is 5.32 Å². The number of fused-ring (bicyclic) bond motifs is 1. The summed E-state index contributed by atoms with van der Waals surface area (Å²) in [6, 6.07) is 9.27. The minimum atomic E-state index is -0.403. The molecule has 2 aliphatic rings. The lowest BCUT2D eigenvalue weighted by Crippen LogP contribution is -2.28. The highest BCUT2D eigenvalue weighted by Crippen LogP contribution is 2.45. The van der Waals surface area contributed by atoms with Gasteiger partial charge in [-0.3, -0.25) is 4.79 Å². The van der Waals surface area contributed by atoms with E-state index < -0.39 is 5.97 Å². The van der Waals surface area contributed by atoms with E-state index in [0.29, 0.717) is 36.0 Å². The summed E-state index contributed by atoms with van der Waals surface area (Å²) in [5, 5.41) is 2.82. The number of benzene rings is 2. The molecule has 4 rings (SSSR count). The minimum Gasteiger partial charge on any atom is -0.493 e. The number of carbonyl (C=O) groups excluding carboxylic acids is 2. The van der Waals surface area contributed by atoms with E-state index in [9.17, 15) is 9.59 Å². The molecule has 7 nitrogen and oxygen atoms in total. The summed E-state index contributed by atoms with van der Waals surface area (Å²) < 4.78 is 22.6. The van der Waals surface area contributed by atoms with Crippen LogP contribution < -0.4 is 19.5 Å². The third-order valence-electron chi connectivity index (χ3n) is 5.37. The first-order valence-corrected chi connectivity index (χ1v) is 10.2. The van der Waals surface area contributed by atoms with Gasteiger partial charge in [-0.25, -0.2) is 4.79 Å². The number of hydrogen-bond acceptors (Lipinski definition) is 6. The van der Waals surface area contributed by atoms with Crippen LogP contribution in [0.5, 0.6) is 17.2 Å². The molecule has 30 heavy (non-hydrogen) atoms. The molecule has 0 aromatic heterocycles. The zero-order valence-electron chi connectivity index (χ0n) is 17.2. The summed E-state index contributed by atoms with van der Waals surface area (Å²) in [6.45, 7) is 2.54. The molecule has 0 radical (unpaired) electrons. The summed E-state index contributed by atoms with van der Waals surface area (Å²) >= 11 is 0. The molecule has 0 bridgehead atoms. The van der Waals surface area contributed by atoms with Crippen LogP contribution in [0.3, 0.4) is 0 Å². The van der Waals surface area contributed by atoms with Crippen molar-refractivity contribution in [1.29, 1.82) is 0 Å². The van der Waals surface area contributed by atoms with E-state index in [4.69, 9.17) is 18.9 Å². The topological polar surface area (TPSA) is 83.1 Å². The first kappa shape index (κ1) is 20.1. The van der Waals surface area contributed by atoms with E-state index in [1.54, 1.807) is 19.2 Å². The number of nitrogens with one attached hydrogen (secondary N) is 1. The molecule has 0 spiro atoms. The Morgan fingerprint density at radius 1 is 1.10 bits per heavy atom. The second-order valence-electron chi connectivity index (χ2n) is 7.29. The Balaban J connectivity index is 1.67. The van der Waals surface area contributed by atoms with Gasteiger partial charge >= 0.3 is 5.97 Å². The average Bonchev–Trinajstić information content (AvgIpc) is 3.09. The SMILES string of the molecule is CCOc1c(OC)ccc(-c2ccc3c(c2)CNC3=O)c1OCC(=O)OC1CCC1. The fourth-order valence-electron chi connectivity index (χ4n) is 3.60. The summed E-state index contributed by atoms with van der Waals surface area (Å²) in [4.78, 5) is 24.1. The van der Waals surface area contributed by atoms with Crippen molar-refractivity contribution in [2.24, 2.45) is 0 Å². The van der Waals surface area contributed by atoms with Crippen molar-refractivity contribution in [3.05, 3.63) is 41.5 Å². The third-order valence-corrected chi connectivity index (χ3v) is 5.37. The third kappa shape index (κ3) is 3.92. The lowest BCUT2D eigenvalue weighted by atomic mass is 9.96. The van der Waals surface area contributed by atoms with Crippen LogP contribution in [0.2, 0.25) is 0 Å². The van der Waals surface area contributed by atoms with E-state index in [1.807, 2.05) is 25.1 Å². The molecule has 1 saturated carbocycles. The van der Waals surface area contributed by atoms with Crippen molar-refractivity contribution in [3.8, 4) is 28.4 Å². The van der Waals surface area contributed by atoms with Crippen LogP contribution in [0.4, 0.5) is 0 Å². The van der Waals surface area contributed by atoms with E-state index >= 15 is 0 Å². The Morgan fingerprint density at radius 2 is 1.90 bits per heavy atom. The maximum atomic E-state index is 12.2. The smallest absolute Gasteiger partial charge is 0.344 e. The molecule has 7 heteroatoms. The van der Waals surface area contributed by atoms with Crippen LogP contribution in [-0.4, -0.2) is 38.3 Å². The first-order valence-electron chi connectivity index (χ1n) is 10.2. The molecule has 1 amide bonds. The lowest BCUT2D eigenvalue weighted by Gasteiger charge is -2.25. The summed E-state index contributed by atoms with van der Waals surface area (Å²) in [5.74, 6) is 0.889. The molecule has 2 aromatic rings. The number of amides is 1. The van der Waals surface area contributed by atoms with Gasteiger partial charge in [0.25, 0.3) is 5.91 Å². The molecule has 1 N–H and O–H groups in total. The van der Waals surface area contributed by atoms with Gasteiger partial charge in [-0.1, -0.05) is 6.07 Å². The average molecular weight is 411 g/mol. The molecule has 0 unspecified atom stereocenters. The fourth-order valence-corrected chi connectivity index (χ4v) is 3.60. The number of ether oxygens (including phenoxy) is 4. The van der Waals surface area contributed by atoms with Gasteiger partial charge < -0.3 is 24.3 Å². The van der Waals surface area contributed by atoms with E-state index in [1.165, 1.54) is 0 Å². The maximum Gasteiger partial charge on any atom is 0.344 e. The van der Waals surface area contributed by atoms with Crippen LogP contribution in [0.15, 0.2) is 30.3 Å². The summed E-state index contributed by atoms with van der Waals surface area (Å²) in [5.41, 5.74) is 3.19. The van der Waals surface area contributed by atoms with Crippen LogP contribution in [-0.2, 0) is 16.1 Å². The number of esters is 1. The first-order chi connectivity index (χ1) is 14.6. The van der Waals surface area contributed by atoms with Gasteiger partial charge in [0.15, 0.2) is 18.1 Å². The molecule has 0 saturated heterocycles. The number of hydrogen-bond donors (Lipinski definition) is 1. The van der Waals surface area contributed by atoms with E-state index in [2.05, 4.69) is 5.32 Å². The highest BCUT2D eigenvalue weighted by atomic mass is 16.6. The second-order valence-corrected chi connectivity index (χ2v) is 7.29. The molecule has 158 valence electrons. The van der Waals surface area contributed by atoms with Crippen molar-refractivity contribution >= 4 is 11.9 Å². The molecule has 1 aliphatic heterocycles. The Labute approximate surface area is 175 Å². The van der Waals surface area contributed by atoms with Gasteiger partial charge in [-0.05, 0) is 61.6 Å². The molecular weight excluding hydrogens is 386 g/mol. The molecule has 1 aliphatic carbocycles. The van der Waals surface area contributed by atoms with E-state index in [-0.39, 0.29) is 18.6 Å². The normalized spacial score (nSPS) is 15.1. The van der Waals surface area contributed by atoms with Crippen molar-refractivity contribution in [2.75, 3.05) is 20.3 Å². The quantitative estimate of drug-likeness (QED) is 0.670. The van der Waals surface area contributed by atoms with Crippen molar-refractivity contribution in [2.45, 2.75) is 38.8 Å². The monoisotopic (exact) mass is 411 g/mol. The molecule has 2 aromatic carbocycles. The highest BCUT2D eigenvalue weighted by molar-refractivity contribution is 5.99. The highest BCUT2D eigenvalue weighted by Gasteiger charge is 2.25. The van der Waals surface area contributed by atoms with Gasteiger partial charge in [0.2, 0.25) is 5.75 Å². The van der Waals surface area contributed by atoms with Crippen LogP contribution in [0.25, 0.3) is 11.1 Å². The van der Waals surface area contributed by atoms with Gasteiger partial charge in [0.05, 0.1) is 13.7 Å². The Hall–Kier alpha value is -3.22. The largest absolute Gasteiger partial charge is 0.493 e. The number of rotatable bonds is 8. The van der Waals surface area contributed by atoms with Crippen molar-refractivity contribution < 1.29 is 28.5 Å².